The van der Waals surface area contributed by atoms with Gasteiger partial charge in [-0.2, -0.15) is 0 Å². The number of benzene rings is 1. The van der Waals surface area contributed by atoms with E-state index in [9.17, 15) is 9.59 Å². The van der Waals surface area contributed by atoms with E-state index in [1.54, 1.807) is 12.0 Å². The van der Waals surface area contributed by atoms with Gasteiger partial charge >= 0.3 is 6.03 Å². The number of hydrogen-bond donors (Lipinski definition) is 3. The maximum atomic E-state index is 12.3. The van der Waals surface area contributed by atoms with Crippen LogP contribution in [0.3, 0.4) is 0 Å². The van der Waals surface area contributed by atoms with E-state index in [1.807, 2.05) is 31.2 Å². The number of amides is 3. The third kappa shape index (κ3) is 4.77. The Morgan fingerprint density at radius 2 is 2.30 bits per heavy atom. The number of nitrogens with zero attached hydrogens (tertiary/aromatic N) is 1. The van der Waals surface area contributed by atoms with Crippen LogP contribution in [-0.4, -0.2) is 56.2 Å². The van der Waals surface area contributed by atoms with Crippen LogP contribution in [0.1, 0.15) is 13.3 Å². The molecule has 23 heavy (non-hydrogen) atoms. The maximum Gasteiger partial charge on any atom is 0.317 e. The van der Waals surface area contributed by atoms with Crippen molar-refractivity contribution in [3.63, 3.8) is 0 Å². The summed E-state index contributed by atoms with van der Waals surface area (Å²) in [5, 5.41) is 8.82. The van der Waals surface area contributed by atoms with Gasteiger partial charge in [-0.15, -0.1) is 0 Å². The van der Waals surface area contributed by atoms with Crippen LogP contribution in [0.5, 0.6) is 5.75 Å². The first-order valence-corrected chi connectivity index (χ1v) is 7.85. The summed E-state index contributed by atoms with van der Waals surface area (Å²) < 4.78 is 5.18. The molecule has 1 unspecified atom stereocenters. The number of urea groups is 1. The van der Waals surface area contributed by atoms with Crippen LogP contribution in [0.25, 0.3) is 0 Å². The molecule has 0 aromatic heterocycles. The molecule has 0 bridgehead atoms. The number of carbonyl (C=O) groups is 2. The van der Waals surface area contributed by atoms with Crippen molar-refractivity contribution in [2.24, 2.45) is 0 Å². The summed E-state index contributed by atoms with van der Waals surface area (Å²) in [7, 11) is 1.61. The minimum atomic E-state index is -0.325. The molecule has 1 aliphatic rings. The highest BCUT2D eigenvalue weighted by Crippen LogP contribution is 2.18. The second kappa shape index (κ2) is 8.26. The van der Waals surface area contributed by atoms with Gasteiger partial charge in [0, 0.05) is 37.9 Å². The van der Waals surface area contributed by atoms with Gasteiger partial charge in [0.15, 0.2) is 0 Å². The molecule has 0 spiro atoms. The number of rotatable bonds is 8. The van der Waals surface area contributed by atoms with Crippen LogP contribution in [-0.2, 0) is 4.79 Å². The van der Waals surface area contributed by atoms with E-state index in [0.717, 1.165) is 11.4 Å². The van der Waals surface area contributed by atoms with Crippen molar-refractivity contribution in [1.29, 1.82) is 0 Å². The molecule has 7 heteroatoms. The van der Waals surface area contributed by atoms with E-state index in [4.69, 9.17) is 4.74 Å². The molecule has 0 aliphatic carbocycles. The normalized spacial score (nSPS) is 15.0. The molecule has 1 saturated heterocycles. The molecule has 1 aromatic carbocycles. The predicted molar refractivity (Wildman–Crippen MR) is 88.7 cm³/mol. The first kappa shape index (κ1) is 16.9. The second-order valence-electron chi connectivity index (χ2n) is 5.35. The van der Waals surface area contributed by atoms with Gasteiger partial charge in [-0.1, -0.05) is 13.0 Å². The molecule has 1 aliphatic heterocycles. The summed E-state index contributed by atoms with van der Waals surface area (Å²) in [4.78, 5) is 25.4. The van der Waals surface area contributed by atoms with Gasteiger partial charge in [0.25, 0.3) is 0 Å². The monoisotopic (exact) mass is 320 g/mol. The quantitative estimate of drug-likeness (QED) is 0.668. The number of hydrogen-bond acceptors (Lipinski definition) is 4. The Bertz CT molecular complexity index is 550. The van der Waals surface area contributed by atoms with Crippen molar-refractivity contribution in [3.8, 4) is 5.75 Å². The fourth-order valence-corrected chi connectivity index (χ4v) is 2.43. The van der Waals surface area contributed by atoms with Gasteiger partial charge in [0.1, 0.15) is 11.8 Å². The van der Waals surface area contributed by atoms with Crippen molar-refractivity contribution in [2.75, 3.05) is 38.6 Å². The highest BCUT2D eigenvalue weighted by molar-refractivity contribution is 5.84. The lowest BCUT2D eigenvalue weighted by molar-refractivity contribution is -0.121. The zero-order valence-electron chi connectivity index (χ0n) is 13.6. The van der Waals surface area contributed by atoms with Gasteiger partial charge in [-0.3, -0.25) is 4.79 Å². The Kier molecular flexibility index (Phi) is 6.08. The number of anilines is 1. The van der Waals surface area contributed by atoms with Crippen LogP contribution >= 0.6 is 0 Å². The van der Waals surface area contributed by atoms with Crippen LogP contribution < -0.4 is 20.7 Å². The molecule has 2 rings (SSSR count). The first-order valence-electron chi connectivity index (χ1n) is 7.85. The van der Waals surface area contributed by atoms with Gasteiger partial charge in [0.05, 0.1) is 7.11 Å². The molecule has 3 N–H and O–H groups in total. The molecule has 126 valence electrons. The van der Waals surface area contributed by atoms with E-state index in [1.165, 1.54) is 0 Å². The highest BCUT2D eigenvalue weighted by atomic mass is 16.5. The van der Waals surface area contributed by atoms with Crippen molar-refractivity contribution in [3.05, 3.63) is 24.3 Å². The molecule has 7 nitrogen and oxygen atoms in total. The Morgan fingerprint density at radius 1 is 1.48 bits per heavy atom. The van der Waals surface area contributed by atoms with Crippen LogP contribution in [0.2, 0.25) is 0 Å². The predicted octanol–water partition coefficient (Wildman–Crippen LogP) is 1.03. The molecule has 0 saturated carbocycles. The average Bonchev–Trinajstić information content (AvgIpc) is 2.98. The molecule has 1 aromatic rings. The molecule has 1 fully saturated rings. The molecule has 1 atom stereocenters. The van der Waals surface area contributed by atoms with E-state index < -0.39 is 0 Å². The Morgan fingerprint density at radius 3 is 2.96 bits per heavy atom. The average molecular weight is 320 g/mol. The maximum absolute atomic E-state index is 12.3. The lowest BCUT2D eigenvalue weighted by Crippen LogP contribution is -2.43. The minimum absolute atomic E-state index is 0.0687. The lowest BCUT2D eigenvalue weighted by atomic mass is 10.2. The van der Waals surface area contributed by atoms with Crippen LogP contribution in [0.15, 0.2) is 24.3 Å². The fourth-order valence-electron chi connectivity index (χ4n) is 2.43. The summed E-state index contributed by atoms with van der Waals surface area (Å²) in [6, 6.07) is 7.08. The smallest absolute Gasteiger partial charge is 0.317 e. The zero-order chi connectivity index (χ0) is 16.7. The van der Waals surface area contributed by atoms with Crippen molar-refractivity contribution in [1.82, 2.24) is 15.5 Å². The summed E-state index contributed by atoms with van der Waals surface area (Å²) in [5.41, 5.74) is 0.838. The molecule has 0 radical (unpaired) electrons. The second-order valence-corrected chi connectivity index (χ2v) is 5.35. The van der Waals surface area contributed by atoms with E-state index in [-0.39, 0.29) is 18.0 Å². The lowest BCUT2D eigenvalue weighted by Gasteiger charge is -2.20. The summed E-state index contributed by atoms with van der Waals surface area (Å²) in [5.74, 6) is 0.667. The minimum Gasteiger partial charge on any atom is -0.497 e. The molecule has 1 heterocycles. The van der Waals surface area contributed by atoms with Gasteiger partial charge in [0.2, 0.25) is 5.91 Å². The zero-order valence-corrected chi connectivity index (χ0v) is 13.6. The van der Waals surface area contributed by atoms with Gasteiger partial charge in [-0.25, -0.2) is 4.79 Å². The summed E-state index contributed by atoms with van der Waals surface area (Å²) in [6.45, 7) is 4.27. The third-order valence-corrected chi connectivity index (χ3v) is 3.76. The standard InChI is InChI=1S/C16H24N4O3/c1-3-14(19-12-5-4-6-13(11-12)23-2)15(21)17-7-9-20-10-8-18-16(20)22/h4-6,11,14,19H,3,7-10H2,1-2H3,(H,17,21)(H,18,22). The first-order chi connectivity index (χ1) is 11.1. The molecular formula is C16H24N4O3. The van der Waals surface area contributed by atoms with Crippen molar-refractivity contribution < 1.29 is 14.3 Å². The number of methoxy groups -OCH3 is 1. The number of carbonyl (C=O) groups excluding carboxylic acids is 2. The van der Waals surface area contributed by atoms with Crippen molar-refractivity contribution in [2.45, 2.75) is 19.4 Å². The topological polar surface area (TPSA) is 82.7 Å². The SMILES string of the molecule is CCC(Nc1cccc(OC)c1)C(=O)NCCN1CCNC1=O. The fraction of sp³-hybridized carbons (Fsp3) is 0.500. The van der Waals surface area contributed by atoms with Gasteiger partial charge in [-0.05, 0) is 18.6 Å². The van der Waals surface area contributed by atoms with Crippen LogP contribution in [0, 0.1) is 0 Å². The third-order valence-electron chi connectivity index (χ3n) is 3.76. The Balaban J connectivity index is 1.81. The van der Waals surface area contributed by atoms with Crippen LogP contribution in [0.4, 0.5) is 10.5 Å². The number of ether oxygens (including phenoxy) is 1. The van der Waals surface area contributed by atoms with E-state index >= 15 is 0 Å². The van der Waals surface area contributed by atoms with Gasteiger partial charge < -0.3 is 25.6 Å². The van der Waals surface area contributed by atoms with Crippen molar-refractivity contribution >= 4 is 17.6 Å². The van der Waals surface area contributed by atoms with E-state index in [2.05, 4.69) is 16.0 Å². The van der Waals surface area contributed by atoms with E-state index in [0.29, 0.717) is 32.6 Å². The number of nitrogens with one attached hydrogen (secondary N) is 3. The summed E-state index contributed by atoms with van der Waals surface area (Å²) >= 11 is 0. The Labute approximate surface area is 136 Å². The summed E-state index contributed by atoms with van der Waals surface area (Å²) in [6.07, 6.45) is 0.660. The molecule has 3 amide bonds. The Hall–Kier alpha value is -2.44. The highest BCUT2D eigenvalue weighted by Gasteiger charge is 2.20. The largest absolute Gasteiger partial charge is 0.497 e. The molecular weight excluding hydrogens is 296 g/mol.